The number of nitrogens with one attached hydrogen (secondary N) is 1. The molecule has 2 N–H and O–H groups in total. The van der Waals surface area contributed by atoms with E-state index in [4.69, 9.17) is 5.11 Å². The number of rotatable bonds is 5. The molecule has 1 rings (SSSR count). The number of hydrogen-bond acceptors (Lipinski definition) is 3. The van der Waals surface area contributed by atoms with Crippen LogP contribution < -0.4 is 5.32 Å². The fourth-order valence-corrected chi connectivity index (χ4v) is 1.75. The van der Waals surface area contributed by atoms with Gasteiger partial charge in [-0.25, -0.2) is 0 Å². The van der Waals surface area contributed by atoms with Gasteiger partial charge in [0.1, 0.15) is 0 Å². The van der Waals surface area contributed by atoms with Gasteiger partial charge in [0.05, 0.1) is 6.61 Å². The number of benzene rings is 1. The van der Waals surface area contributed by atoms with Crippen LogP contribution in [-0.2, 0) is 0 Å². The first-order chi connectivity index (χ1) is 9.97. The van der Waals surface area contributed by atoms with E-state index in [-0.39, 0.29) is 18.6 Å². The van der Waals surface area contributed by atoms with Crippen LogP contribution >= 0.6 is 0 Å². The molecule has 4 heteroatoms. The van der Waals surface area contributed by atoms with Crippen molar-refractivity contribution >= 4 is 5.91 Å². The topological polar surface area (TPSA) is 52.6 Å². The lowest BCUT2D eigenvalue weighted by molar-refractivity contribution is 0.0943. The van der Waals surface area contributed by atoms with E-state index in [1.54, 1.807) is 0 Å². The molecule has 0 aliphatic rings. The number of aliphatic hydroxyl groups is 1. The average molecular weight is 288 g/mol. The lowest BCUT2D eigenvalue weighted by atomic mass is 10.0. The number of likely N-dealkylation sites (N-methyl/N-ethyl adjacent to an activating group) is 1. The van der Waals surface area contributed by atoms with Crippen molar-refractivity contribution in [2.75, 3.05) is 27.2 Å². The predicted molar refractivity (Wildman–Crippen MR) is 85.2 cm³/mol. The Hall–Kier alpha value is -1.83. The van der Waals surface area contributed by atoms with Gasteiger partial charge in [0, 0.05) is 30.1 Å². The highest BCUT2D eigenvalue weighted by Crippen LogP contribution is 2.13. The summed E-state index contributed by atoms with van der Waals surface area (Å²) in [5, 5.41) is 11.7. The monoisotopic (exact) mass is 288 g/mol. The van der Waals surface area contributed by atoms with Crippen LogP contribution in [0.4, 0.5) is 0 Å². The predicted octanol–water partition coefficient (Wildman–Crippen LogP) is 1.41. The minimum atomic E-state index is -0.0768. The fraction of sp³-hybridized carbons (Fsp3) is 0.471. The zero-order chi connectivity index (χ0) is 15.8. The SMILES string of the molecule is Cc1c(C#CCCO)cccc1C(=O)NCC(C)N(C)C. The lowest BCUT2D eigenvalue weighted by Gasteiger charge is -2.20. The van der Waals surface area contributed by atoms with Crippen LogP contribution in [-0.4, -0.2) is 49.2 Å². The van der Waals surface area contributed by atoms with Gasteiger partial charge in [0.25, 0.3) is 5.91 Å². The second-order valence-corrected chi connectivity index (χ2v) is 5.28. The highest BCUT2D eigenvalue weighted by atomic mass is 16.2. The number of aliphatic hydroxyl groups excluding tert-OH is 1. The number of nitrogens with zero attached hydrogens (tertiary/aromatic N) is 1. The third-order valence-corrected chi connectivity index (χ3v) is 3.48. The van der Waals surface area contributed by atoms with Gasteiger partial charge >= 0.3 is 0 Å². The van der Waals surface area contributed by atoms with Crippen molar-refractivity contribution in [3.63, 3.8) is 0 Å². The van der Waals surface area contributed by atoms with Crippen molar-refractivity contribution < 1.29 is 9.90 Å². The van der Waals surface area contributed by atoms with Gasteiger partial charge in [0.2, 0.25) is 0 Å². The third-order valence-electron chi connectivity index (χ3n) is 3.48. The van der Waals surface area contributed by atoms with Crippen molar-refractivity contribution in [2.45, 2.75) is 26.3 Å². The second-order valence-electron chi connectivity index (χ2n) is 5.28. The molecule has 0 fully saturated rings. The van der Waals surface area contributed by atoms with Crippen LogP contribution in [0.3, 0.4) is 0 Å². The molecule has 0 spiro atoms. The minimum absolute atomic E-state index is 0.0502. The Bertz CT molecular complexity index is 541. The summed E-state index contributed by atoms with van der Waals surface area (Å²) in [6.07, 6.45) is 0.441. The molecule has 1 atom stereocenters. The maximum atomic E-state index is 12.3. The third kappa shape index (κ3) is 5.22. The Morgan fingerprint density at radius 3 is 2.76 bits per heavy atom. The molecule has 21 heavy (non-hydrogen) atoms. The van der Waals surface area contributed by atoms with E-state index in [9.17, 15) is 4.79 Å². The molecule has 1 aromatic carbocycles. The second kappa shape index (κ2) is 8.46. The Balaban J connectivity index is 2.82. The molecule has 114 valence electrons. The van der Waals surface area contributed by atoms with Crippen molar-refractivity contribution in [1.82, 2.24) is 10.2 Å². The lowest BCUT2D eigenvalue weighted by Crippen LogP contribution is -2.38. The van der Waals surface area contributed by atoms with Crippen LogP contribution in [0.1, 0.15) is 34.8 Å². The number of carbonyl (C=O) groups is 1. The zero-order valence-electron chi connectivity index (χ0n) is 13.2. The van der Waals surface area contributed by atoms with Crippen LogP contribution in [0, 0.1) is 18.8 Å². The molecule has 0 aliphatic carbocycles. The summed E-state index contributed by atoms with van der Waals surface area (Å²) in [7, 11) is 3.97. The smallest absolute Gasteiger partial charge is 0.251 e. The number of carbonyl (C=O) groups excluding carboxylic acids is 1. The normalized spacial score (nSPS) is 11.7. The first-order valence-corrected chi connectivity index (χ1v) is 7.11. The molecule has 4 nitrogen and oxygen atoms in total. The number of hydrogen-bond donors (Lipinski definition) is 2. The molecule has 0 bridgehead atoms. The Morgan fingerprint density at radius 1 is 1.43 bits per heavy atom. The van der Waals surface area contributed by atoms with Crippen LogP contribution in [0.5, 0.6) is 0 Å². The Labute approximate surface area is 127 Å². The summed E-state index contributed by atoms with van der Waals surface area (Å²) < 4.78 is 0. The van der Waals surface area contributed by atoms with Gasteiger partial charge in [-0.15, -0.1) is 0 Å². The Morgan fingerprint density at radius 2 is 2.14 bits per heavy atom. The quantitative estimate of drug-likeness (QED) is 0.806. The van der Waals surface area contributed by atoms with Gasteiger partial charge in [-0.05, 0) is 45.6 Å². The van der Waals surface area contributed by atoms with Crippen molar-refractivity contribution in [3.05, 3.63) is 34.9 Å². The van der Waals surface area contributed by atoms with Gasteiger partial charge in [-0.2, -0.15) is 0 Å². The Kier molecular flexibility index (Phi) is 6.93. The molecule has 0 saturated heterocycles. The molecule has 0 aromatic heterocycles. The van der Waals surface area contributed by atoms with E-state index in [0.717, 1.165) is 11.1 Å². The van der Waals surface area contributed by atoms with Crippen LogP contribution in [0.25, 0.3) is 0 Å². The fourth-order valence-electron chi connectivity index (χ4n) is 1.75. The highest BCUT2D eigenvalue weighted by Gasteiger charge is 2.12. The molecule has 0 saturated carbocycles. The van der Waals surface area contributed by atoms with Crippen molar-refractivity contribution in [1.29, 1.82) is 0 Å². The summed E-state index contributed by atoms with van der Waals surface area (Å²) in [5.41, 5.74) is 2.35. The molecule has 1 amide bonds. The van der Waals surface area contributed by atoms with Gasteiger partial charge in [0.15, 0.2) is 0 Å². The summed E-state index contributed by atoms with van der Waals surface area (Å²) in [5.74, 6) is 5.80. The van der Waals surface area contributed by atoms with E-state index in [1.165, 1.54) is 0 Å². The first kappa shape index (κ1) is 17.2. The standard InChI is InChI=1S/C17H24N2O2/c1-13(19(3)4)12-18-17(21)16-10-7-9-15(14(16)2)8-5-6-11-20/h7,9-10,13,20H,6,11-12H2,1-4H3,(H,18,21). The van der Waals surface area contributed by atoms with Crippen LogP contribution in [0.15, 0.2) is 18.2 Å². The summed E-state index contributed by atoms with van der Waals surface area (Å²) >= 11 is 0. The minimum Gasteiger partial charge on any atom is -0.395 e. The van der Waals surface area contributed by atoms with Gasteiger partial charge < -0.3 is 15.3 Å². The van der Waals surface area contributed by atoms with E-state index >= 15 is 0 Å². The average Bonchev–Trinajstić information content (AvgIpc) is 2.46. The first-order valence-electron chi connectivity index (χ1n) is 7.11. The molecular formula is C17H24N2O2. The van der Waals surface area contributed by atoms with Gasteiger partial charge in [-0.3, -0.25) is 4.79 Å². The summed E-state index contributed by atoms with van der Waals surface area (Å²) in [6, 6.07) is 5.81. The zero-order valence-corrected chi connectivity index (χ0v) is 13.2. The largest absolute Gasteiger partial charge is 0.395 e. The molecule has 1 unspecified atom stereocenters. The van der Waals surface area contributed by atoms with E-state index < -0.39 is 0 Å². The molecular weight excluding hydrogens is 264 g/mol. The van der Waals surface area contributed by atoms with Crippen molar-refractivity contribution in [3.8, 4) is 11.8 Å². The molecule has 1 aromatic rings. The van der Waals surface area contributed by atoms with E-state index in [2.05, 4.69) is 29.0 Å². The maximum Gasteiger partial charge on any atom is 0.251 e. The summed E-state index contributed by atoms with van der Waals surface area (Å²) in [4.78, 5) is 14.3. The van der Waals surface area contributed by atoms with Crippen LogP contribution in [0.2, 0.25) is 0 Å². The van der Waals surface area contributed by atoms with E-state index in [0.29, 0.717) is 18.5 Å². The van der Waals surface area contributed by atoms with Crippen molar-refractivity contribution in [2.24, 2.45) is 0 Å². The molecule has 0 radical (unpaired) electrons. The van der Waals surface area contributed by atoms with E-state index in [1.807, 2.05) is 39.2 Å². The highest BCUT2D eigenvalue weighted by molar-refractivity contribution is 5.96. The molecule has 0 heterocycles. The summed E-state index contributed by atoms with van der Waals surface area (Å²) in [6.45, 7) is 4.61. The molecule has 0 aliphatic heterocycles. The number of amides is 1. The maximum absolute atomic E-state index is 12.3. The van der Waals surface area contributed by atoms with Gasteiger partial charge in [-0.1, -0.05) is 17.9 Å².